The van der Waals surface area contributed by atoms with Crippen LogP contribution in [-0.4, -0.2) is 28.7 Å². The van der Waals surface area contributed by atoms with Gasteiger partial charge in [-0.15, -0.1) is 0 Å². The lowest BCUT2D eigenvalue weighted by Gasteiger charge is -2.25. The van der Waals surface area contributed by atoms with Crippen molar-refractivity contribution in [2.75, 3.05) is 18.4 Å². The minimum absolute atomic E-state index is 0.325. The number of nitrogens with zero attached hydrogens (tertiary/aromatic N) is 3. The van der Waals surface area contributed by atoms with Crippen LogP contribution >= 0.6 is 0 Å². The Morgan fingerprint density at radius 2 is 2.18 bits per heavy atom. The maximum absolute atomic E-state index is 5.93. The molecule has 2 aromatic rings. The first-order chi connectivity index (χ1) is 13.5. The van der Waals surface area contributed by atoms with Crippen molar-refractivity contribution in [1.29, 1.82) is 0 Å². The Bertz CT molecular complexity index is 936. The second kappa shape index (κ2) is 8.75. The molecular weight excluding hydrogens is 350 g/mol. The van der Waals surface area contributed by atoms with Crippen LogP contribution in [0.2, 0.25) is 0 Å². The number of aromatic nitrogens is 2. The second-order valence-electron chi connectivity index (χ2n) is 7.13. The molecule has 1 fully saturated rings. The van der Waals surface area contributed by atoms with Crippen molar-refractivity contribution in [2.24, 2.45) is 23.5 Å². The van der Waals surface area contributed by atoms with E-state index < -0.39 is 0 Å². The fourth-order valence-corrected chi connectivity index (χ4v) is 3.33. The van der Waals surface area contributed by atoms with Gasteiger partial charge in [0.15, 0.2) is 11.3 Å². The average molecular weight is 380 g/mol. The highest BCUT2D eigenvalue weighted by molar-refractivity contribution is 5.60. The molecule has 1 aromatic heterocycles. The van der Waals surface area contributed by atoms with Gasteiger partial charge in [0, 0.05) is 31.0 Å². The third-order valence-corrected chi connectivity index (χ3v) is 4.88. The van der Waals surface area contributed by atoms with E-state index in [1.54, 1.807) is 6.20 Å². The van der Waals surface area contributed by atoms with Crippen molar-refractivity contribution >= 4 is 17.2 Å². The summed E-state index contributed by atoms with van der Waals surface area (Å²) >= 11 is 0. The summed E-state index contributed by atoms with van der Waals surface area (Å²) in [5.74, 6) is 0.751. The molecule has 0 spiro atoms. The van der Waals surface area contributed by atoms with Crippen molar-refractivity contribution in [3.63, 3.8) is 0 Å². The SMILES string of the molecule is C=C(N)c1cccc(CN=c2c(N[C@H]3CCCNC3)ncc(C(=C)N)n2C)c1. The predicted molar refractivity (Wildman–Crippen MR) is 115 cm³/mol. The van der Waals surface area contributed by atoms with Gasteiger partial charge in [0.25, 0.3) is 0 Å². The summed E-state index contributed by atoms with van der Waals surface area (Å²) in [4.78, 5) is 9.42. The Morgan fingerprint density at radius 3 is 2.86 bits per heavy atom. The molecule has 6 N–H and O–H groups in total. The van der Waals surface area contributed by atoms with Gasteiger partial charge in [0.05, 0.1) is 18.4 Å². The fraction of sp³-hybridized carbons (Fsp3) is 0.333. The first-order valence-corrected chi connectivity index (χ1v) is 9.48. The van der Waals surface area contributed by atoms with Crippen LogP contribution in [0.15, 0.2) is 48.6 Å². The number of nitrogens with one attached hydrogen (secondary N) is 2. The van der Waals surface area contributed by atoms with Gasteiger partial charge in [-0.25, -0.2) is 4.98 Å². The molecule has 0 bridgehead atoms. The second-order valence-corrected chi connectivity index (χ2v) is 7.13. The molecule has 1 aliphatic heterocycles. The van der Waals surface area contributed by atoms with E-state index in [1.165, 1.54) is 0 Å². The molecule has 0 amide bonds. The minimum Gasteiger partial charge on any atom is -0.399 e. The zero-order chi connectivity index (χ0) is 20.1. The van der Waals surface area contributed by atoms with E-state index in [0.29, 0.717) is 24.0 Å². The van der Waals surface area contributed by atoms with Crippen molar-refractivity contribution in [3.8, 4) is 0 Å². The Labute approximate surface area is 165 Å². The van der Waals surface area contributed by atoms with E-state index in [0.717, 1.165) is 54.1 Å². The summed E-state index contributed by atoms with van der Waals surface area (Å²) in [6.45, 7) is 10.1. The van der Waals surface area contributed by atoms with Gasteiger partial charge in [-0.1, -0.05) is 31.4 Å². The predicted octanol–water partition coefficient (Wildman–Crippen LogP) is 1.54. The molecule has 0 saturated carbocycles. The first kappa shape index (κ1) is 19.7. The smallest absolute Gasteiger partial charge is 0.171 e. The normalized spacial score (nSPS) is 17.3. The Balaban J connectivity index is 1.96. The molecule has 2 heterocycles. The Morgan fingerprint density at radius 1 is 1.36 bits per heavy atom. The number of hydrogen-bond donors (Lipinski definition) is 4. The summed E-state index contributed by atoms with van der Waals surface area (Å²) in [5, 5.41) is 6.94. The molecule has 1 saturated heterocycles. The number of rotatable bonds is 6. The molecule has 1 aromatic carbocycles. The number of benzene rings is 1. The topological polar surface area (TPSA) is 106 Å². The molecule has 0 aliphatic carbocycles. The quantitative estimate of drug-likeness (QED) is 0.609. The number of nitrogens with two attached hydrogens (primary N) is 2. The van der Waals surface area contributed by atoms with E-state index >= 15 is 0 Å². The molecule has 7 nitrogen and oxygen atoms in total. The van der Waals surface area contributed by atoms with Crippen LogP contribution in [0.3, 0.4) is 0 Å². The van der Waals surface area contributed by atoms with Crippen molar-refractivity contribution in [3.05, 3.63) is 65.9 Å². The lowest BCUT2D eigenvalue weighted by atomic mass is 10.1. The van der Waals surface area contributed by atoms with Gasteiger partial charge in [-0.2, -0.15) is 0 Å². The first-order valence-electron chi connectivity index (χ1n) is 9.48. The summed E-state index contributed by atoms with van der Waals surface area (Å²) in [7, 11) is 1.93. The molecule has 3 rings (SSSR count). The number of anilines is 1. The highest BCUT2D eigenvalue weighted by Gasteiger charge is 2.15. The summed E-state index contributed by atoms with van der Waals surface area (Å²) in [5.41, 5.74) is 16.2. The zero-order valence-corrected chi connectivity index (χ0v) is 16.4. The minimum atomic E-state index is 0.325. The Kier molecular flexibility index (Phi) is 6.16. The van der Waals surface area contributed by atoms with E-state index in [1.807, 2.05) is 35.9 Å². The van der Waals surface area contributed by atoms with Crippen LogP contribution in [-0.2, 0) is 13.6 Å². The Hall–Kier alpha value is -3.06. The highest BCUT2D eigenvalue weighted by atomic mass is 15.1. The molecule has 0 radical (unpaired) electrons. The third kappa shape index (κ3) is 4.61. The van der Waals surface area contributed by atoms with Crippen LogP contribution < -0.4 is 27.6 Å². The molecule has 148 valence electrons. The molecule has 1 atom stereocenters. The third-order valence-electron chi connectivity index (χ3n) is 4.88. The van der Waals surface area contributed by atoms with Gasteiger partial charge < -0.3 is 26.7 Å². The molecule has 0 unspecified atom stereocenters. The van der Waals surface area contributed by atoms with Crippen LogP contribution in [0.5, 0.6) is 0 Å². The maximum Gasteiger partial charge on any atom is 0.171 e. The van der Waals surface area contributed by atoms with E-state index in [4.69, 9.17) is 16.5 Å². The van der Waals surface area contributed by atoms with Crippen LogP contribution in [0.1, 0.15) is 29.7 Å². The standard InChI is InChI=1S/C21H29N7/c1-14(22)17-7-4-6-16(10-17)11-26-21-20(27-18-8-5-9-24-12-18)25-13-19(15(2)23)28(21)3/h4,6-7,10,13,18,24H,1-2,5,8-9,11-12,22-23H2,3H3,(H,25,27)/t18-/m0/s1. The monoisotopic (exact) mass is 379 g/mol. The van der Waals surface area contributed by atoms with Crippen molar-refractivity contribution in [1.82, 2.24) is 14.9 Å². The van der Waals surface area contributed by atoms with E-state index in [-0.39, 0.29) is 0 Å². The van der Waals surface area contributed by atoms with Crippen LogP contribution in [0.4, 0.5) is 5.82 Å². The summed E-state index contributed by atoms with van der Waals surface area (Å²) < 4.78 is 1.93. The van der Waals surface area contributed by atoms with Crippen LogP contribution in [0, 0.1) is 0 Å². The average Bonchev–Trinajstić information content (AvgIpc) is 2.68. The van der Waals surface area contributed by atoms with Crippen molar-refractivity contribution in [2.45, 2.75) is 25.4 Å². The molecule has 1 aliphatic rings. The number of hydrogen-bond acceptors (Lipinski definition) is 6. The van der Waals surface area contributed by atoms with Crippen molar-refractivity contribution < 1.29 is 0 Å². The number of piperidine rings is 1. The lowest BCUT2D eigenvalue weighted by molar-refractivity contribution is 0.478. The molecular formula is C21H29N7. The van der Waals surface area contributed by atoms with E-state index in [2.05, 4.69) is 28.8 Å². The largest absolute Gasteiger partial charge is 0.399 e. The highest BCUT2D eigenvalue weighted by Crippen LogP contribution is 2.12. The van der Waals surface area contributed by atoms with Crippen LogP contribution in [0.25, 0.3) is 11.4 Å². The maximum atomic E-state index is 5.93. The lowest BCUT2D eigenvalue weighted by Crippen LogP contribution is -2.40. The molecule has 7 heteroatoms. The van der Waals surface area contributed by atoms with Gasteiger partial charge >= 0.3 is 0 Å². The zero-order valence-electron chi connectivity index (χ0n) is 16.4. The van der Waals surface area contributed by atoms with Gasteiger partial charge in [0.1, 0.15) is 0 Å². The summed E-state index contributed by atoms with van der Waals surface area (Å²) in [6, 6.07) is 8.25. The van der Waals surface area contributed by atoms with E-state index in [9.17, 15) is 0 Å². The van der Waals surface area contributed by atoms with Gasteiger partial charge in [-0.05, 0) is 36.6 Å². The molecule has 28 heavy (non-hydrogen) atoms. The fourth-order valence-electron chi connectivity index (χ4n) is 3.33. The van der Waals surface area contributed by atoms with Gasteiger partial charge in [-0.3, -0.25) is 4.99 Å². The van der Waals surface area contributed by atoms with Gasteiger partial charge in [0.2, 0.25) is 0 Å². The summed E-state index contributed by atoms with van der Waals surface area (Å²) in [6.07, 6.45) is 3.98.